The van der Waals surface area contributed by atoms with Crippen molar-refractivity contribution in [2.24, 2.45) is 11.7 Å². The van der Waals surface area contributed by atoms with Gasteiger partial charge in [-0.05, 0) is 63.0 Å². The van der Waals surface area contributed by atoms with Crippen molar-refractivity contribution < 1.29 is 14.7 Å². The van der Waals surface area contributed by atoms with Gasteiger partial charge in [0.2, 0.25) is 5.91 Å². The normalized spacial score (nSPS) is 21.1. The van der Waals surface area contributed by atoms with Crippen molar-refractivity contribution in [3.8, 4) is 0 Å². The molecule has 178 valence electrons. The number of rotatable bonds is 6. The maximum atomic E-state index is 13.7. The van der Waals surface area contributed by atoms with Crippen molar-refractivity contribution in [1.29, 1.82) is 0 Å². The molecule has 2 aromatic carbocycles. The number of nitrogens with two attached hydrogens (primary N) is 1. The number of nitrogens with zero attached hydrogens (tertiary/aromatic N) is 2. The molecule has 1 atom stereocenters. The Kier molecular flexibility index (Phi) is 7.97. The van der Waals surface area contributed by atoms with Gasteiger partial charge in [0.25, 0.3) is 5.91 Å². The van der Waals surface area contributed by atoms with E-state index in [0.29, 0.717) is 18.2 Å². The predicted molar refractivity (Wildman–Crippen MR) is 133 cm³/mol. The van der Waals surface area contributed by atoms with Crippen LogP contribution < -0.4 is 10.6 Å². The highest BCUT2D eigenvalue weighted by molar-refractivity contribution is 6.35. The van der Waals surface area contributed by atoms with Crippen LogP contribution in [0.4, 0.5) is 5.69 Å². The molecule has 1 unspecified atom stereocenters. The van der Waals surface area contributed by atoms with Crippen LogP contribution in [0.3, 0.4) is 0 Å². The van der Waals surface area contributed by atoms with Crippen molar-refractivity contribution in [2.45, 2.75) is 31.8 Å². The largest absolute Gasteiger partial charge is 0.372 e. The number of hydrogen-bond donors (Lipinski definition) is 2. The molecule has 6 nitrogen and oxygen atoms in total. The standard InChI is InChI=1S/C24H27Cl2N3O3.ClH/c1-2-28-10-7-15(8-11-28)9-12-29-20-14-16(22(27)30)13-19(26)21(20)24(32,23(29)31)17-5-3-4-6-18(17)25;/h3-6,13-15,32H,2,7-12H2,1H3,(H2,27,30);1H. The maximum Gasteiger partial charge on any atom is 0.268 e. The molecule has 2 aromatic rings. The summed E-state index contributed by atoms with van der Waals surface area (Å²) in [6, 6.07) is 9.61. The van der Waals surface area contributed by atoms with Gasteiger partial charge in [-0.25, -0.2) is 0 Å². The smallest absolute Gasteiger partial charge is 0.268 e. The average Bonchev–Trinajstić information content (AvgIpc) is 3.00. The van der Waals surface area contributed by atoms with Crippen molar-refractivity contribution in [1.82, 2.24) is 4.90 Å². The van der Waals surface area contributed by atoms with Crippen molar-refractivity contribution in [3.05, 3.63) is 63.1 Å². The second kappa shape index (κ2) is 10.2. The number of fused-ring (bicyclic) bond motifs is 1. The molecule has 2 aliphatic heterocycles. The van der Waals surface area contributed by atoms with Gasteiger partial charge in [-0.15, -0.1) is 12.4 Å². The summed E-state index contributed by atoms with van der Waals surface area (Å²) < 4.78 is 0. The van der Waals surface area contributed by atoms with E-state index in [9.17, 15) is 14.7 Å². The van der Waals surface area contributed by atoms with Gasteiger partial charge in [0, 0.05) is 28.3 Å². The molecular weight excluding hydrogens is 485 g/mol. The summed E-state index contributed by atoms with van der Waals surface area (Å²) in [7, 11) is 0. The summed E-state index contributed by atoms with van der Waals surface area (Å²) in [5.74, 6) is -0.685. The minimum Gasteiger partial charge on any atom is -0.372 e. The molecule has 0 radical (unpaired) electrons. The number of hydrogen-bond acceptors (Lipinski definition) is 4. The Morgan fingerprint density at radius 1 is 1.18 bits per heavy atom. The Hall–Kier alpha value is -1.83. The molecule has 1 fully saturated rings. The van der Waals surface area contributed by atoms with E-state index in [1.54, 1.807) is 24.3 Å². The molecule has 33 heavy (non-hydrogen) atoms. The fourth-order valence-corrected chi connectivity index (χ4v) is 5.47. The minimum atomic E-state index is -2.04. The van der Waals surface area contributed by atoms with E-state index in [-0.39, 0.29) is 39.1 Å². The fraction of sp³-hybridized carbons (Fsp3) is 0.417. The molecule has 0 aromatic heterocycles. The monoisotopic (exact) mass is 511 g/mol. The summed E-state index contributed by atoms with van der Waals surface area (Å²) in [6.45, 7) is 5.72. The summed E-state index contributed by atoms with van der Waals surface area (Å²) in [5.41, 5.74) is 4.55. The third-order valence-electron chi connectivity index (χ3n) is 6.74. The SMILES string of the molecule is CCN1CCC(CCN2C(=O)C(O)(c3ccccc3Cl)c3c(Cl)cc(C(N)=O)cc32)CC1.Cl. The molecule has 4 rings (SSSR count). The molecule has 0 bridgehead atoms. The number of anilines is 1. The fourth-order valence-electron chi connectivity index (χ4n) is 4.85. The second-order valence-electron chi connectivity index (χ2n) is 8.53. The van der Waals surface area contributed by atoms with Crippen LogP contribution in [0, 0.1) is 5.92 Å². The molecule has 0 saturated carbocycles. The number of likely N-dealkylation sites (tertiary alicyclic amines) is 1. The van der Waals surface area contributed by atoms with Gasteiger partial charge in [-0.2, -0.15) is 0 Å². The lowest BCUT2D eigenvalue weighted by Gasteiger charge is -2.32. The lowest BCUT2D eigenvalue weighted by molar-refractivity contribution is -0.132. The zero-order valence-electron chi connectivity index (χ0n) is 18.4. The number of amides is 2. The second-order valence-corrected chi connectivity index (χ2v) is 9.34. The van der Waals surface area contributed by atoms with E-state index in [1.165, 1.54) is 17.0 Å². The van der Waals surface area contributed by atoms with Gasteiger partial charge >= 0.3 is 0 Å². The Morgan fingerprint density at radius 2 is 1.85 bits per heavy atom. The van der Waals surface area contributed by atoms with Gasteiger partial charge in [-0.3, -0.25) is 9.59 Å². The van der Waals surface area contributed by atoms with Crippen molar-refractivity contribution in [3.63, 3.8) is 0 Å². The first-order valence-electron chi connectivity index (χ1n) is 10.9. The van der Waals surface area contributed by atoms with E-state index >= 15 is 0 Å². The Balaban J connectivity index is 0.00000306. The van der Waals surface area contributed by atoms with Crippen molar-refractivity contribution >= 4 is 53.1 Å². The first kappa shape index (κ1) is 25.8. The maximum absolute atomic E-state index is 13.7. The van der Waals surface area contributed by atoms with E-state index in [4.69, 9.17) is 28.9 Å². The Morgan fingerprint density at radius 3 is 2.45 bits per heavy atom. The molecule has 1 saturated heterocycles. The van der Waals surface area contributed by atoms with Crippen molar-refractivity contribution in [2.75, 3.05) is 31.1 Å². The third-order valence-corrected chi connectivity index (χ3v) is 7.37. The van der Waals surface area contributed by atoms with Crippen LogP contribution in [0.2, 0.25) is 10.0 Å². The summed E-state index contributed by atoms with van der Waals surface area (Å²) in [4.78, 5) is 29.5. The molecule has 0 aliphatic carbocycles. The summed E-state index contributed by atoms with van der Waals surface area (Å²) >= 11 is 12.9. The minimum absolute atomic E-state index is 0. The van der Waals surface area contributed by atoms with Crippen LogP contribution in [-0.4, -0.2) is 48.0 Å². The number of benzene rings is 2. The number of carbonyl (C=O) groups excluding carboxylic acids is 2. The number of aliphatic hydroxyl groups is 1. The quantitative estimate of drug-likeness (QED) is 0.607. The van der Waals surface area contributed by atoms with Crippen LogP contribution in [0.25, 0.3) is 0 Å². The first-order chi connectivity index (χ1) is 15.3. The predicted octanol–water partition coefficient (Wildman–Crippen LogP) is 4.22. The van der Waals surface area contributed by atoms with Gasteiger partial charge < -0.3 is 20.6 Å². The van der Waals surface area contributed by atoms with Crippen LogP contribution in [0.5, 0.6) is 0 Å². The third kappa shape index (κ3) is 4.60. The van der Waals surface area contributed by atoms with Crippen LogP contribution in [-0.2, 0) is 10.4 Å². The topological polar surface area (TPSA) is 86.9 Å². The van der Waals surface area contributed by atoms with Crippen LogP contribution in [0.15, 0.2) is 36.4 Å². The average molecular weight is 513 g/mol. The molecule has 2 amide bonds. The lowest BCUT2D eigenvalue weighted by Crippen LogP contribution is -2.42. The van der Waals surface area contributed by atoms with Crippen LogP contribution >= 0.6 is 35.6 Å². The van der Waals surface area contributed by atoms with Gasteiger partial charge in [0.1, 0.15) is 0 Å². The number of carbonyl (C=O) groups is 2. The molecule has 0 spiro atoms. The zero-order valence-corrected chi connectivity index (χ0v) is 20.7. The first-order valence-corrected chi connectivity index (χ1v) is 11.7. The van der Waals surface area contributed by atoms with E-state index < -0.39 is 17.4 Å². The van der Waals surface area contributed by atoms with E-state index in [1.807, 2.05) is 0 Å². The zero-order chi connectivity index (χ0) is 23.0. The lowest BCUT2D eigenvalue weighted by atomic mass is 9.87. The molecule has 3 N–H and O–H groups in total. The summed E-state index contributed by atoms with van der Waals surface area (Å²) in [5, 5.41) is 12.1. The molecular formula is C24H28Cl3N3O3. The number of primary amides is 1. The van der Waals surface area contributed by atoms with Gasteiger partial charge in [0.15, 0.2) is 5.60 Å². The van der Waals surface area contributed by atoms with E-state index in [0.717, 1.165) is 38.9 Å². The highest BCUT2D eigenvalue weighted by Crippen LogP contribution is 2.50. The highest BCUT2D eigenvalue weighted by Gasteiger charge is 2.53. The molecule has 2 aliphatic rings. The Bertz CT molecular complexity index is 1060. The van der Waals surface area contributed by atoms with Gasteiger partial charge in [-0.1, -0.05) is 48.3 Å². The van der Waals surface area contributed by atoms with E-state index in [2.05, 4.69) is 11.8 Å². The van der Waals surface area contributed by atoms with Crippen LogP contribution in [0.1, 0.15) is 47.7 Å². The molecule has 9 heteroatoms. The molecule has 2 heterocycles. The number of piperidine rings is 1. The van der Waals surface area contributed by atoms with Gasteiger partial charge in [0.05, 0.1) is 10.7 Å². The number of halogens is 3. The Labute approximate surface area is 210 Å². The summed E-state index contributed by atoms with van der Waals surface area (Å²) in [6.07, 6.45) is 2.93. The highest BCUT2D eigenvalue weighted by atomic mass is 35.5.